The van der Waals surface area contributed by atoms with Crippen molar-refractivity contribution in [1.82, 2.24) is 9.36 Å². The summed E-state index contributed by atoms with van der Waals surface area (Å²) < 4.78 is 4.94. The molecule has 1 heterocycles. The maximum Gasteiger partial charge on any atom is 0.206 e. The Bertz CT molecular complexity index is 388. The molecule has 2 rings (SSSR count). The molecule has 0 atom stereocenters. The number of rotatable bonds is 2. The predicted octanol–water partition coefficient (Wildman–Crippen LogP) is 3.04. The van der Waals surface area contributed by atoms with E-state index in [1.54, 1.807) is 0 Å². The Morgan fingerprint density at radius 3 is 3.00 bits per heavy atom. The normalized spacial score (nSPS) is 9.92. The van der Waals surface area contributed by atoms with E-state index < -0.39 is 0 Å². The number of nitrogens with zero attached hydrogens (tertiary/aromatic N) is 2. The van der Waals surface area contributed by atoms with Crippen molar-refractivity contribution in [2.24, 2.45) is 0 Å². The Kier molecular flexibility index (Phi) is 2.56. The summed E-state index contributed by atoms with van der Waals surface area (Å²) >= 11 is 4.73. The highest BCUT2D eigenvalue weighted by atomic mass is 79.9. The van der Waals surface area contributed by atoms with Crippen LogP contribution in [0.25, 0.3) is 0 Å². The van der Waals surface area contributed by atoms with Gasteiger partial charge in [0.05, 0.1) is 0 Å². The second kappa shape index (κ2) is 3.85. The highest BCUT2D eigenvalue weighted by Gasteiger charge is 1.96. The number of nitrogens with one attached hydrogen (secondary N) is 1. The highest BCUT2D eigenvalue weighted by Crippen LogP contribution is 2.20. The zero-order chi connectivity index (χ0) is 9.10. The van der Waals surface area contributed by atoms with E-state index in [1.807, 2.05) is 24.3 Å². The predicted molar refractivity (Wildman–Crippen MR) is 57.3 cm³/mol. The third-order valence-electron chi connectivity index (χ3n) is 1.44. The van der Waals surface area contributed by atoms with Crippen LogP contribution in [0.2, 0.25) is 0 Å². The van der Waals surface area contributed by atoms with Crippen LogP contribution in [-0.2, 0) is 0 Å². The fourth-order valence-electron chi connectivity index (χ4n) is 0.918. The summed E-state index contributed by atoms with van der Waals surface area (Å²) in [5, 5.41) is 3.94. The number of hydrogen-bond acceptors (Lipinski definition) is 4. The molecule has 0 bridgehead atoms. The summed E-state index contributed by atoms with van der Waals surface area (Å²) in [6, 6.07) is 7.91. The average molecular weight is 256 g/mol. The van der Waals surface area contributed by atoms with Crippen LogP contribution in [0.15, 0.2) is 35.1 Å². The molecule has 0 saturated heterocycles. The second-order valence-corrected chi connectivity index (χ2v) is 4.08. The van der Waals surface area contributed by atoms with Crippen LogP contribution in [-0.4, -0.2) is 9.36 Å². The van der Waals surface area contributed by atoms with E-state index in [2.05, 4.69) is 30.6 Å². The van der Waals surface area contributed by atoms with Gasteiger partial charge in [0.1, 0.15) is 6.33 Å². The molecule has 2 aromatic rings. The smallest absolute Gasteiger partial charge is 0.206 e. The monoisotopic (exact) mass is 255 g/mol. The van der Waals surface area contributed by atoms with E-state index in [0.29, 0.717) is 0 Å². The first-order valence-electron chi connectivity index (χ1n) is 3.64. The molecule has 0 fully saturated rings. The summed E-state index contributed by atoms with van der Waals surface area (Å²) in [5.41, 5.74) is 1.01. The molecule has 0 aliphatic rings. The third-order valence-corrected chi connectivity index (χ3v) is 2.51. The Morgan fingerprint density at radius 2 is 2.31 bits per heavy atom. The largest absolute Gasteiger partial charge is 0.330 e. The van der Waals surface area contributed by atoms with Crippen LogP contribution >= 0.6 is 27.5 Å². The molecular weight excluding hydrogens is 250 g/mol. The van der Waals surface area contributed by atoms with Gasteiger partial charge in [-0.3, -0.25) is 0 Å². The Morgan fingerprint density at radius 1 is 1.38 bits per heavy atom. The molecule has 1 aromatic carbocycles. The van der Waals surface area contributed by atoms with Crippen molar-refractivity contribution in [2.45, 2.75) is 0 Å². The first-order valence-corrected chi connectivity index (χ1v) is 5.20. The summed E-state index contributed by atoms with van der Waals surface area (Å²) in [6.45, 7) is 0. The fraction of sp³-hybridized carbons (Fsp3) is 0. The molecular formula is C8H6BrN3S. The van der Waals surface area contributed by atoms with Crippen molar-refractivity contribution in [3.8, 4) is 0 Å². The zero-order valence-corrected chi connectivity index (χ0v) is 8.97. The van der Waals surface area contributed by atoms with Crippen molar-refractivity contribution in [1.29, 1.82) is 0 Å². The van der Waals surface area contributed by atoms with Crippen molar-refractivity contribution in [3.63, 3.8) is 0 Å². The van der Waals surface area contributed by atoms with Gasteiger partial charge in [0, 0.05) is 21.7 Å². The average Bonchev–Trinajstić information content (AvgIpc) is 2.57. The van der Waals surface area contributed by atoms with Gasteiger partial charge in [0.15, 0.2) is 0 Å². The standard InChI is InChI=1S/C8H6BrN3S/c9-6-2-1-3-7(4-6)12-8-10-5-11-13-8/h1-5H,(H,10,11,12). The quantitative estimate of drug-likeness (QED) is 0.897. The van der Waals surface area contributed by atoms with Gasteiger partial charge in [-0.2, -0.15) is 4.37 Å². The molecule has 0 saturated carbocycles. The Labute approximate surface area is 88.1 Å². The topological polar surface area (TPSA) is 37.8 Å². The number of hydrogen-bond donors (Lipinski definition) is 1. The Hall–Kier alpha value is -0.940. The number of anilines is 2. The lowest BCUT2D eigenvalue weighted by Gasteiger charge is -2.00. The minimum Gasteiger partial charge on any atom is -0.330 e. The van der Waals surface area contributed by atoms with Crippen molar-refractivity contribution in [2.75, 3.05) is 5.32 Å². The van der Waals surface area contributed by atoms with Gasteiger partial charge in [-0.05, 0) is 18.2 Å². The fourth-order valence-corrected chi connectivity index (χ4v) is 1.77. The van der Waals surface area contributed by atoms with Gasteiger partial charge < -0.3 is 5.32 Å². The molecule has 13 heavy (non-hydrogen) atoms. The molecule has 1 N–H and O–H groups in total. The van der Waals surface area contributed by atoms with Crippen LogP contribution < -0.4 is 5.32 Å². The third kappa shape index (κ3) is 2.26. The molecule has 3 nitrogen and oxygen atoms in total. The minimum absolute atomic E-state index is 0.804. The molecule has 5 heteroatoms. The van der Waals surface area contributed by atoms with Gasteiger partial charge in [0.2, 0.25) is 5.13 Å². The lowest BCUT2D eigenvalue weighted by Crippen LogP contribution is -1.87. The molecule has 0 spiro atoms. The number of benzene rings is 1. The van der Waals surface area contributed by atoms with E-state index in [1.165, 1.54) is 17.9 Å². The van der Waals surface area contributed by atoms with E-state index in [-0.39, 0.29) is 0 Å². The minimum atomic E-state index is 0.804. The van der Waals surface area contributed by atoms with Crippen LogP contribution in [0, 0.1) is 0 Å². The van der Waals surface area contributed by atoms with Gasteiger partial charge in [0.25, 0.3) is 0 Å². The molecule has 0 aliphatic heterocycles. The lowest BCUT2D eigenvalue weighted by molar-refractivity contribution is 1.32. The van der Waals surface area contributed by atoms with Crippen molar-refractivity contribution in [3.05, 3.63) is 35.1 Å². The maximum atomic E-state index is 4.02. The summed E-state index contributed by atoms with van der Waals surface area (Å²) in [6.07, 6.45) is 1.53. The Balaban J connectivity index is 2.19. The second-order valence-electron chi connectivity index (χ2n) is 2.38. The van der Waals surface area contributed by atoms with E-state index in [4.69, 9.17) is 0 Å². The summed E-state index contributed by atoms with van der Waals surface area (Å²) in [4.78, 5) is 4.02. The molecule has 66 valence electrons. The molecule has 0 radical (unpaired) electrons. The number of aromatic nitrogens is 2. The van der Waals surface area contributed by atoms with Gasteiger partial charge in [-0.15, -0.1) is 0 Å². The van der Waals surface area contributed by atoms with E-state index in [9.17, 15) is 0 Å². The summed E-state index contributed by atoms with van der Waals surface area (Å²) in [5.74, 6) is 0. The first kappa shape index (κ1) is 8.65. The van der Waals surface area contributed by atoms with E-state index in [0.717, 1.165) is 15.3 Å². The SMILES string of the molecule is Brc1cccc(Nc2ncns2)c1. The van der Waals surface area contributed by atoms with Gasteiger partial charge >= 0.3 is 0 Å². The van der Waals surface area contributed by atoms with E-state index >= 15 is 0 Å². The summed E-state index contributed by atoms with van der Waals surface area (Å²) in [7, 11) is 0. The first-order chi connectivity index (χ1) is 6.34. The van der Waals surface area contributed by atoms with Crippen LogP contribution in [0.4, 0.5) is 10.8 Å². The van der Waals surface area contributed by atoms with Crippen LogP contribution in [0.3, 0.4) is 0 Å². The molecule has 0 unspecified atom stereocenters. The van der Waals surface area contributed by atoms with Crippen molar-refractivity contribution < 1.29 is 0 Å². The highest BCUT2D eigenvalue weighted by molar-refractivity contribution is 9.10. The van der Waals surface area contributed by atoms with Crippen LogP contribution in [0.5, 0.6) is 0 Å². The maximum absolute atomic E-state index is 4.02. The molecule has 1 aromatic heterocycles. The van der Waals surface area contributed by atoms with Gasteiger partial charge in [-0.25, -0.2) is 4.98 Å². The molecule has 0 aliphatic carbocycles. The molecule has 0 amide bonds. The lowest BCUT2D eigenvalue weighted by atomic mass is 10.3. The van der Waals surface area contributed by atoms with Crippen LogP contribution in [0.1, 0.15) is 0 Å². The zero-order valence-electron chi connectivity index (χ0n) is 6.57. The van der Waals surface area contributed by atoms with Gasteiger partial charge in [-0.1, -0.05) is 22.0 Å². The van der Waals surface area contributed by atoms with Crippen molar-refractivity contribution >= 4 is 38.3 Å². The number of halogens is 1.